The van der Waals surface area contributed by atoms with Gasteiger partial charge < -0.3 is 10.5 Å². The van der Waals surface area contributed by atoms with Crippen molar-refractivity contribution in [2.75, 3.05) is 13.7 Å². The topological polar surface area (TPSA) is 52.3 Å². The average molecular weight is 195 g/mol. The first-order chi connectivity index (χ1) is 6.29. The second-order valence-electron chi connectivity index (χ2n) is 2.16. The Kier molecular flexibility index (Phi) is 3.50. The van der Waals surface area contributed by atoms with Gasteiger partial charge in [-0.15, -0.1) is 11.3 Å². The molecule has 0 amide bonds. The van der Waals surface area contributed by atoms with Crippen LogP contribution in [0.1, 0.15) is 15.2 Å². The Morgan fingerprint density at radius 1 is 1.77 bits per heavy atom. The summed E-state index contributed by atoms with van der Waals surface area (Å²) < 4.78 is 4.59. The number of esters is 1. The molecule has 0 saturated heterocycles. The van der Waals surface area contributed by atoms with Crippen LogP contribution in [-0.4, -0.2) is 19.6 Å². The first-order valence-electron chi connectivity index (χ1n) is 3.64. The van der Waals surface area contributed by atoms with E-state index < -0.39 is 0 Å². The highest BCUT2D eigenvalue weighted by atomic mass is 32.1. The van der Waals surface area contributed by atoms with E-state index in [2.05, 4.69) is 16.6 Å². The fraction of sp³-hybridized carbons (Fsp3) is 0.222. The molecular weight excluding hydrogens is 186 g/mol. The zero-order valence-electron chi connectivity index (χ0n) is 7.16. The number of thiophene rings is 1. The van der Waals surface area contributed by atoms with E-state index in [4.69, 9.17) is 5.73 Å². The Bertz CT molecular complexity index is 359. The number of nitrogens with two attached hydrogens (primary N) is 1. The Labute approximate surface area is 80.5 Å². The Morgan fingerprint density at radius 3 is 3.15 bits per heavy atom. The third-order valence-corrected chi connectivity index (χ3v) is 2.26. The van der Waals surface area contributed by atoms with Crippen molar-refractivity contribution >= 4 is 17.3 Å². The molecule has 0 bridgehead atoms. The summed E-state index contributed by atoms with van der Waals surface area (Å²) in [4.78, 5) is 11.7. The third kappa shape index (κ3) is 2.31. The fourth-order valence-electron chi connectivity index (χ4n) is 0.805. The smallest absolute Gasteiger partial charge is 0.349 e. The van der Waals surface area contributed by atoms with Gasteiger partial charge in [0.05, 0.1) is 13.7 Å². The summed E-state index contributed by atoms with van der Waals surface area (Å²) in [5.74, 6) is 5.14. The summed E-state index contributed by atoms with van der Waals surface area (Å²) >= 11 is 1.31. The number of ether oxygens (including phenoxy) is 1. The van der Waals surface area contributed by atoms with E-state index >= 15 is 0 Å². The van der Waals surface area contributed by atoms with E-state index in [1.54, 1.807) is 11.4 Å². The number of hydrogen-bond acceptors (Lipinski definition) is 4. The van der Waals surface area contributed by atoms with Crippen molar-refractivity contribution in [3.05, 3.63) is 21.9 Å². The molecule has 0 radical (unpaired) electrons. The van der Waals surface area contributed by atoms with Gasteiger partial charge >= 0.3 is 5.97 Å². The van der Waals surface area contributed by atoms with Gasteiger partial charge in [0, 0.05) is 5.56 Å². The summed E-state index contributed by atoms with van der Waals surface area (Å²) in [6.45, 7) is 0.288. The van der Waals surface area contributed by atoms with Crippen molar-refractivity contribution in [3.8, 4) is 11.8 Å². The second-order valence-corrected chi connectivity index (χ2v) is 3.08. The average Bonchev–Trinajstić information content (AvgIpc) is 2.61. The lowest BCUT2D eigenvalue weighted by molar-refractivity contribution is 0.0606. The third-order valence-electron chi connectivity index (χ3n) is 1.36. The molecule has 0 unspecified atom stereocenters. The summed E-state index contributed by atoms with van der Waals surface area (Å²) in [6, 6.07) is 1.78. The first kappa shape index (κ1) is 9.78. The normalized spacial score (nSPS) is 8.77. The minimum atomic E-state index is -0.351. The maximum absolute atomic E-state index is 11.1. The van der Waals surface area contributed by atoms with Gasteiger partial charge in [-0.3, -0.25) is 0 Å². The Hall–Kier alpha value is -1.31. The van der Waals surface area contributed by atoms with Crippen molar-refractivity contribution in [2.45, 2.75) is 0 Å². The maximum atomic E-state index is 11.1. The summed E-state index contributed by atoms with van der Waals surface area (Å²) in [5.41, 5.74) is 5.90. The van der Waals surface area contributed by atoms with Crippen molar-refractivity contribution in [1.29, 1.82) is 0 Å². The van der Waals surface area contributed by atoms with Crippen molar-refractivity contribution in [2.24, 2.45) is 5.73 Å². The van der Waals surface area contributed by atoms with E-state index in [-0.39, 0.29) is 12.5 Å². The Balaban J connectivity index is 2.96. The van der Waals surface area contributed by atoms with Crippen LogP contribution in [0.25, 0.3) is 0 Å². The van der Waals surface area contributed by atoms with Crippen molar-refractivity contribution in [3.63, 3.8) is 0 Å². The molecule has 0 saturated carbocycles. The molecule has 0 aliphatic carbocycles. The molecule has 0 atom stereocenters. The van der Waals surface area contributed by atoms with Crippen LogP contribution >= 0.6 is 11.3 Å². The lowest BCUT2D eigenvalue weighted by Crippen LogP contribution is -2.00. The molecule has 1 aromatic heterocycles. The lowest BCUT2D eigenvalue weighted by atomic mass is 10.2. The van der Waals surface area contributed by atoms with Gasteiger partial charge in [-0.2, -0.15) is 0 Å². The van der Waals surface area contributed by atoms with E-state index in [0.717, 1.165) is 0 Å². The second kappa shape index (κ2) is 4.65. The van der Waals surface area contributed by atoms with Gasteiger partial charge in [0.2, 0.25) is 0 Å². The number of carbonyl (C=O) groups is 1. The molecule has 1 rings (SSSR count). The van der Waals surface area contributed by atoms with Gasteiger partial charge in [0.25, 0.3) is 0 Å². The van der Waals surface area contributed by atoms with E-state index in [1.165, 1.54) is 18.4 Å². The summed E-state index contributed by atoms with van der Waals surface area (Å²) in [5, 5.41) is 1.80. The molecule has 0 aliphatic heterocycles. The van der Waals surface area contributed by atoms with Gasteiger partial charge in [-0.25, -0.2) is 4.79 Å². The minimum Gasteiger partial charge on any atom is -0.465 e. The molecule has 3 nitrogen and oxygen atoms in total. The van der Waals surface area contributed by atoms with E-state index in [9.17, 15) is 4.79 Å². The summed E-state index contributed by atoms with van der Waals surface area (Å²) in [6.07, 6.45) is 0. The van der Waals surface area contributed by atoms with Crippen molar-refractivity contribution in [1.82, 2.24) is 0 Å². The van der Waals surface area contributed by atoms with Crippen LogP contribution in [0.2, 0.25) is 0 Å². The number of hydrogen-bond donors (Lipinski definition) is 1. The number of rotatable bonds is 1. The van der Waals surface area contributed by atoms with E-state index in [1.807, 2.05) is 0 Å². The van der Waals surface area contributed by atoms with Crippen LogP contribution in [-0.2, 0) is 4.74 Å². The molecule has 4 heteroatoms. The highest BCUT2D eigenvalue weighted by Gasteiger charge is 2.11. The zero-order valence-corrected chi connectivity index (χ0v) is 7.98. The van der Waals surface area contributed by atoms with Gasteiger partial charge in [-0.05, 0) is 11.4 Å². The van der Waals surface area contributed by atoms with Crippen LogP contribution in [0, 0.1) is 11.8 Å². The first-order valence-corrected chi connectivity index (χ1v) is 4.52. The standard InChI is InChI=1S/C9H9NO2S/c1-12-9(11)8-7(3-2-5-10)4-6-13-8/h4,6H,5,10H2,1H3. The molecule has 0 fully saturated rings. The van der Waals surface area contributed by atoms with Gasteiger partial charge in [0.1, 0.15) is 4.88 Å². The van der Waals surface area contributed by atoms with Crippen LogP contribution in [0.4, 0.5) is 0 Å². The number of methoxy groups -OCH3 is 1. The molecule has 0 aliphatic rings. The lowest BCUT2D eigenvalue weighted by Gasteiger charge is -1.94. The molecule has 1 heterocycles. The monoisotopic (exact) mass is 195 g/mol. The Morgan fingerprint density at radius 2 is 2.54 bits per heavy atom. The molecule has 13 heavy (non-hydrogen) atoms. The minimum absolute atomic E-state index is 0.288. The predicted molar refractivity (Wildman–Crippen MR) is 51.6 cm³/mol. The largest absolute Gasteiger partial charge is 0.465 e. The number of carbonyl (C=O) groups excluding carboxylic acids is 1. The summed E-state index contributed by atoms with van der Waals surface area (Å²) in [7, 11) is 1.35. The van der Waals surface area contributed by atoms with Crippen LogP contribution in [0.15, 0.2) is 11.4 Å². The van der Waals surface area contributed by atoms with Gasteiger partial charge in [-0.1, -0.05) is 11.8 Å². The quantitative estimate of drug-likeness (QED) is 0.533. The highest BCUT2D eigenvalue weighted by molar-refractivity contribution is 7.12. The molecule has 2 N–H and O–H groups in total. The fourth-order valence-corrected chi connectivity index (χ4v) is 1.57. The van der Waals surface area contributed by atoms with Crippen LogP contribution in [0.3, 0.4) is 0 Å². The van der Waals surface area contributed by atoms with E-state index in [0.29, 0.717) is 10.4 Å². The zero-order chi connectivity index (χ0) is 9.68. The molecule has 0 aromatic carbocycles. The SMILES string of the molecule is COC(=O)c1sccc1C#CCN. The highest BCUT2D eigenvalue weighted by Crippen LogP contribution is 2.16. The molecule has 1 aromatic rings. The van der Waals surface area contributed by atoms with Crippen LogP contribution in [0.5, 0.6) is 0 Å². The van der Waals surface area contributed by atoms with Gasteiger partial charge in [0.15, 0.2) is 0 Å². The molecule has 0 spiro atoms. The van der Waals surface area contributed by atoms with Crippen LogP contribution < -0.4 is 5.73 Å². The van der Waals surface area contributed by atoms with Crippen molar-refractivity contribution < 1.29 is 9.53 Å². The maximum Gasteiger partial charge on any atom is 0.349 e. The molecular formula is C9H9NO2S. The predicted octanol–water partition coefficient (Wildman–Crippen LogP) is 0.845. The molecule has 68 valence electrons.